The Labute approximate surface area is 164 Å². The van der Waals surface area contributed by atoms with E-state index >= 15 is 0 Å². The van der Waals surface area contributed by atoms with E-state index in [1.165, 1.54) is 20.0 Å². The molecule has 2 aromatic carbocycles. The number of carbonyl (C=O) groups is 2. The van der Waals surface area contributed by atoms with Crippen molar-refractivity contribution in [3.8, 4) is 5.75 Å². The minimum absolute atomic E-state index is 0.0492. The van der Waals surface area contributed by atoms with E-state index in [1.54, 1.807) is 12.1 Å². The minimum Gasteiger partial charge on any atom is -0.496 e. The van der Waals surface area contributed by atoms with E-state index in [0.717, 1.165) is 41.2 Å². The Kier molecular flexibility index (Phi) is 4.71. The number of carboxylic acid groups (broad SMARTS) is 1. The Morgan fingerprint density at radius 3 is 2.64 bits per heavy atom. The summed E-state index contributed by atoms with van der Waals surface area (Å²) in [4.78, 5) is 26.4. The first-order chi connectivity index (χ1) is 13.5. The highest BCUT2D eigenvalue weighted by atomic mass is 16.5. The fourth-order valence-electron chi connectivity index (χ4n) is 4.37. The van der Waals surface area contributed by atoms with Gasteiger partial charge < -0.3 is 20.1 Å². The molecule has 0 saturated carbocycles. The normalized spacial score (nSPS) is 18.6. The van der Waals surface area contributed by atoms with E-state index in [2.05, 4.69) is 22.3 Å². The number of benzene rings is 2. The topological polar surface area (TPSA) is 78.9 Å². The number of carboxylic acids is 1. The average molecular weight is 380 g/mol. The van der Waals surface area contributed by atoms with Gasteiger partial charge in [0.2, 0.25) is 5.91 Å². The van der Waals surface area contributed by atoms with Crippen molar-refractivity contribution < 1.29 is 19.4 Å². The van der Waals surface area contributed by atoms with Crippen LogP contribution in [0.2, 0.25) is 0 Å². The molecule has 1 amide bonds. The van der Waals surface area contributed by atoms with Crippen LogP contribution in [0.4, 0.5) is 11.4 Å². The van der Waals surface area contributed by atoms with Gasteiger partial charge in [-0.3, -0.25) is 4.79 Å². The van der Waals surface area contributed by atoms with Gasteiger partial charge in [-0.05, 0) is 54.7 Å². The number of anilines is 2. The van der Waals surface area contributed by atoms with Crippen molar-refractivity contribution in [2.24, 2.45) is 0 Å². The van der Waals surface area contributed by atoms with Crippen molar-refractivity contribution in [2.75, 3.05) is 30.4 Å². The number of aromatic carboxylic acids is 1. The molecule has 2 heterocycles. The Balaban J connectivity index is 1.79. The first-order valence-electron chi connectivity index (χ1n) is 9.59. The number of methoxy groups -OCH3 is 1. The second-order valence-electron chi connectivity index (χ2n) is 7.44. The number of carbonyl (C=O) groups excluding carboxylic acids is 1. The first-order valence-corrected chi connectivity index (χ1v) is 9.59. The summed E-state index contributed by atoms with van der Waals surface area (Å²) in [5.41, 5.74) is 5.04. The van der Waals surface area contributed by atoms with Gasteiger partial charge in [-0.15, -0.1) is 0 Å². The number of rotatable bonds is 4. The van der Waals surface area contributed by atoms with Crippen LogP contribution in [0.15, 0.2) is 30.3 Å². The lowest BCUT2D eigenvalue weighted by Crippen LogP contribution is -2.26. The van der Waals surface area contributed by atoms with Crippen LogP contribution in [-0.4, -0.2) is 37.2 Å². The highest BCUT2D eigenvalue weighted by molar-refractivity contribution is 5.98. The first kappa shape index (κ1) is 18.3. The van der Waals surface area contributed by atoms with E-state index in [1.807, 2.05) is 13.0 Å². The van der Waals surface area contributed by atoms with Crippen molar-refractivity contribution in [3.63, 3.8) is 0 Å². The van der Waals surface area contributed by atoms with Crippen molar-refractivity contribution in [2.45, 2.75) is 32.1 Å². The van der Waals surface area contributed by atoms with Crippen LogP contribution in [0.25, 0.3) is 0 Å². The molecule has 1 unspecified atom stereocenters. The third-order valence-corrected chi connectivity index (χ3v) is 5.80. The van der Waals surface area contributed by atoms with Gasteiger partial charge in [0.25, 0.3) is 0 Å². The highest BCUT2D eigenvalue weighted by Gasteiger charge is 2.30. The fraction of sp³-hybridized carbons (Fsp3) is 0.364. The molecule has 0 bridgehead atoms. The third kappa shape index (κ3) is 3.09. The summed E-state index contributed by atoms with van der Waals surface area (Å²) in [5, 5.41) is 12.5. The SMILES string of the molecule is COc1ccc(C2CC(=O)Nc3c2ccc(N2CCCC2)c3C)cc1C(=O)O. The number of hydrogen-bond acceptors (Lipinski definition) is 4. The molecular formula is C22H24N2O4. The van der Waals surface area contributed by atoms with Crippen molar-refractivity contribution in [3.05, 3.63) is 52.6 Å². The molecule has 28 heavy (non-hydrogen) atoms. The maximum atomic E-state index is 12.5. The van der Waals surface area contributed by atoms with Gasteiger partial charge >= 0.3 is 5.97 Å². The molecule has 0 aliphatic carbocycles. The lowest BCUT2D eigenvalue weighted by molar-refractivity contribution is -0.116. The van der Waals surface area contributed by atoms with Crippen molar-refractivity contribution in [1.29, 1.82) is 0 Å². The average Bonchev–Trinajstić information content (AvgIpc) is 3.22. The second-order valence-corrected chi connectivity index (χ2v) is 7.44. The van der Waals surface area contributed by atoms with Gasteiger partial charge in [0.15, 0.2) is 0 Å². The molecule has 6 nitrogen and oxygen atoms in total. The Morgan fingerprint density at radius 2 is 1.96 bits per heavy atom. The van der Waals surface area contributed by atoms with Crippen LogP contribution in [0.1, 0.15) is 52.2 Å². The van der Waals surface area contributed by atoms with Crippen LogP contribution in [0.3, 0.4) is 0 Å². The summed E-state index contributed by atoms with van der Waals surface area (Å²) in [6, 6.07) is 9.34. The number of fused-ring (bicyclic) bond motifs is 1. The molecule has 0 spiro atoms. The molecule has 1 saturated heterocycles. The highest BCUT2D eigenvalue weighted by Crippen LogP contribution is 2.43. The van der Waals surface area contributed by atoms with Gasteiger partial charge in [-0.2, -0.15) is 0 Å². The smallest absolute Gasteiger partial charge is 0.339 e. The zero-order valence-corrected chi connectivity index (χ0v) is 16.1. The number of hydrogen-bond donors (Lipinski definition) is 2. The van der Waals surface area contributed by atoms with Gasteiger partial charge in [-0.1, -0.05) is 12.1 Å². The van der Waals surface area contributed by atoms with Gasteiger partial charge in [0.1, 0.15) is 11.3 Å². The Hall–Kier alpha value is -3.02. The molecule has 0 aromatic heterocycles. The molecule has 0 radical (unpaired) electrons. The lowest BCUT2D eigenvalue weighted by atomic mass is 9.82. The molecule has 2 aliphatic heterocycles. The second kappa shape index (κ2) is 7.19. The monoisotopic (exact) mass is 380 g/mol. The van der Waals surface area contributed by atoms with E-state index in [4.69, 9.17) is 4.74 Å². The molecule has 2 aliphatic rings. The summed E-state index contributed by atoms with van der Waals surface area (Å²) in [6.45, 7) is 4.13. The van der Waals surface area contributed by atoms with E-state index in [9.17, 15) is 14.7 Å². The van der Waals surface area contributed by atoms with Crippen molar-refractivity contribution >= 4 is 23.3 Å². The quantitative estimate of drug-likeness (QED) is 0.844. The summed E-state index contributed by atoms with van der Waals surface area (Å²) in [7, 11) is 1.45. The standard InChI is InChI=1S/C22H24N2O4/c1-13-18(24-9-3-4-10-24)7-6-15-16(12-20(25)23-21(13)15)14-5-8-19(28-2)17(11-14)22(26)27/h5-8,11,16H,3-4,9-10,12H2,1-2H3,(H,23,25)(H,26,27). The predicted octanol–water partition coefficient (Wildman–Crippen LogP) is 3.78. The molecule has 1 fully saturated rings. The largest absolute Gasteiger partial charge is 0.496 e. The van der Waals surface area contributed by atoms with Crippen molar-refractivity contribution in [1.82, 2.24) is 0 Å². The van der Waals surface area contributed by atoms with Crippen LogP contribution < -0.4 is 15.0 Å². The van der Waals surface area contributed by atoms with Crippen LogP contribution in [0, 0.1) is 6.92 Å². The number of amides is 1. The molecule has 2 aromatic rings. The maximum absolute atomic E-state index is 12.5. The number of ether oxygens (including phenoxy) is 1. The molecular weight excluding hydrogens is 356 g/mol. The summed E-state index contributed by atoms with van der Waals surface area (Å²) in [5.74, 6) is -0.956. The Bertz CT molecular complexity index is 948. The van der Waals surface area contributed by atoms with Crippen LogP contribution >= 0.6 is 0 Å². The van der Waals surface area contributed by atoms with E-state index in [0.29, 0.717) is 12.2 Å². The van der Waals surface area contributed by atoms with Crippen LogP contribution in [-0.2, 0) is 4.79 Å². The number of nitrogens with zero attached hydrogens (tertiary/aromatic N) is 1. The summed E-state index contributed by atoms with van der Waals surface area (Å²) < 4.78 is 5.17. The molecule has 6 heteroatoms. The molecule has 2 N–H and O–H groups in total. The zero-order chi connectivity index (χ0) is 19.8. The lowest BCUT2D eigenvalue weighted by Gasteiger charge is -2.30. The third-order valence-electron chi connectivity index (χ3n) is 5.80. The van der Waals surface area contributed by atoms with E-state index in [-0.39, 0.29) is 17.4 Å². The molecule has 4 rings (SSSR count). The minimum atomic E-state index is -1.04. The molecule has 146 valence electrons. The maximum Gasteiger partial charge on any atom is 0.339 e. The van der Waals surface area contributed by atoms with E-state index < -0.39 is 5.97 Å². The van der Waals surface area contributed by atoms with Gasteiger partial charge in [-0.25, -0.2) is 4.79 Å². The summed E-state index contributed by atoms with van der Waals surface area (Å²) >= 11 is 0. The summed E-state index contributed by atoms with van der Waals surface area (Å²) in [6.07, 6.45) is 2.67. The number of nitrogens with one attached hydrogen (secondary N) is 1. The van der Waals surface area contributed by atoms with Gasteiger partial charge in [0, 0.05) is 36.8 Å². The Morgan fingerprint density at radius 1 is 1.21 bits per heavy atom. The van der Waals surface area contributed by atoms with Gasteiger partial charge in [0.05, 0.1) is 7.11 Å². The molecule has 1 atom stereocenters. The van der Waals surface area contributed by atoms with Crippen LogP contribution in [0.5, 0.6) is 5.75 Å². The fourth-order valence-corrected chi connectivity index (χ4v) is 4.37. The zero-order valence-electron chi connectivity index (χ0n) is 16.1. The predicted molar refractivity (Wildman–Crippen MR) is 108 cm³/mol.